The average molecular weight is 444 g/mol. The van der Waals surface area contributed by atoms with Gasteiger partial charge in [0.05, 0.1) is 4.92 Å². The number of rotatable bonds is 8. The minimum Gasteiger partial charge on any atom is -0.490 e. The summed E-state index contributed by atoms with van der Waals surface area (Å²) in [6.45, 7) is 2.42. The van der Waals surface area contributed by atoms with Gasteiger partial charge in [-0.15, -0.1) is 0 Å². The SMILES string of the molecule is Cc1ccccc1OCCOc1ccc([N+](=O)[O-])cc1/C=C1\N=C(c2ccccc2)OC1=O. The van der Waals surface area contributed by atoms with Gasteiger partial charge in [-0.2, -0.15) is 0 Å². The minimum absolute atomic E-state index is 0.0235. The number of aliphatic imine (C=N–C) groups is 1. The predicted octanol–water partition coefficient (Wildman–Crippen LogP) is 4.71. The van der Waals surface area contributed by atoms with E-state index >= 15 is 0 Å². The molecule has 0 radical (unpaired) electrons. The summed E-state index contributed by atoms with van der Waals surface area (Å²) >= 11 is 0. The largest absolute Gasteiger partial charge is 0.490 e. The molecule has 3 aromatic carbocycles. The first-order valence-electron chi connectivity index (χ1n) is 10.2. The third-order valence-corrected chi connectivity index (χ3v) is 4.83. The number of aryl methyl sites for hydroxylation is 1. The van der Waals surface area contributed by atoms with Gasteiger partial charge in [-0.3, -0.25) is 10.1 Å². The molecule has 1 aliphatic heterocycles. The number of cyclic esters (lactones) is 1. The summed E-state index contributed by atoms with van der Waals surface area (Å²) in [7, 11) is 0. The molecule has 8 nitrogen and oxygen atoms in total. The molecule has 0 aromatic heterocycles. The van der Waals surface area contributed by atoms with Crippen LogP contribution in [-0.4, -0.2) is 30.0 Å². The molecule has 0 saturated heterocycles. The van der Waals surface area contributed by atoms with Gasteiger partial charge in [-0.25, -0.2) is 9.79 Å². The maximum Gasteiger partial charge on any atom is 0.363 e. The minimum atomic E-state index is -0.644. The zero-order valence-electron chi connectivity index (χ0n) is 17.8. The van der Waals surface area contributed by atoms with E-state index in [4.69, 9.17) is 14.2 Å². The molecule has 0 spiro atoms. The zero-order chi connectivity index (χ0) is 23.2. The number of nitrogens with zero attached hydrogens (tertiary/aromatic N) is 2. The zero-order valence-corrected chi connectivity index (χ0v) is 17.8. The Bertz CT molecular complexity index is 1250. The average Bonchev–Trinajstić information content (AvgIpc) is 3.19. The molecular weight excluding hydrogens is 424 g/mol. The molecule has 3 aromatic rings. The summed E-state index contributed by atoms with van der Waals surface area (Å²) in [6.07, 6.45) is 1.42. The van der Waals surface area contributed by atoms with Crippen LogP contribution in [0.25, 0.3) is 6.08 Å². The predicted molar refractivity (Wildman–Crippen MR) is 122 cm³/mol. The number of nitro benzene ring substituents is 1. The second-order valence-electron chi connectivity index (χ2n) is 7.14. The lowest BCUT2D eigenvalue weighted by atomic mass is 10.1. The third-order valence-electron chi connectivity index (χ3n) is 4.83. The number of benzene rings is 3. The summed E-state index contributed by atoms with van der Waals surface area (Å²) < 4.78 is 16.8. The Morgan fingerprint density at radius 3 is 2.39 bits per heavy atom. The molecular formula is C25H20N2O6. The van der Waals surface area contributed by atoms with Crippen molar-refractivity contribution in [2.75, 3.05) is 13.2 Å². The monoisotopic (exact) mass is 444 g/mol. The van der Waals surface area contributed by atoms with Gasteiger partial charge < -0.3 is 14.2 Å². The highest BCUT2D eigenvalue weighted by atomic mass is 16.6. The Morgan fingerprint density at radius 2 is 1.67 bits per heavy atom. The van der Waals surface area contributed by atoms with E-state index in [2.05, 4.69) is 4.99 Å². The molecule has 0 fully saturated rings. The van der Waals surface area contributed by atoms with Gasteiger partial charge in [0.25, 0.3) is 5.69 Å². The van der Waals surface area contributed by atoms with Crippen molar-refractivity contribution in [3.05, 3.63) is 105 Å². The van der Waals surface area contributed by atoms with Crippen molar-refractivity contribution in [1.29, 1.82) is 0 Å². The van der Waals surface area contributed by atoms with E-state index in [-0.39, 0.29) is 30.5 Å². The van der Waals surface area contributed by atoms with Crippen molar-refractivity contribution in [2.24, 2.45) is 4.99 Å². The van der Waals surface area contributed by atoms with Crippen molar-refractivity contribution in [3.8, 4) is 11.5 Å². The second kappa shape index (κ2) is 9.78. The lowest BCUT2D eigenvalue weighted by Gasteiger charge is -2.12. The van der Waals surface area contributed by atoms with Crippen LogP contribution in [0.15, 0.2) is 83.5 Å². The van der Waals surface area contributed by atoms with Crippen molar-refractivity contribution in [2.45, 2.75) is 6.92 Å². The van der Waals surface area contributed by atoms with E-state index < -0.39 is 10.9 Å². The summed E-state index contributed by atoms with van der Waals surface area (Å²) in [4.78, 5) is 27.3. The standard InChI is InChI=1S/C25H20N2O6/c1-17-7-5-6-10-22(17)31-13-14-32-23-12-11-20(27(29)30)15-19(23)16-21-25(28)33-24(26-21)18-8-3-2-4-9-18/h2-12,15-16H,13-14H2,1H3/b21-16-. The highest BCUT2D eigenvalue weighted by molar-refractivity contribution is 6.12. The van der Waals surface area contributed by atoms with Crippen molar-refractivity contribution < 1.29 is 23.9 Å². The topological polar surface area (TPSA) is 100 Å². The van der Waals surface area contributed by atoms with Crippen LogP contribution in [0.3, 0.4) is 0 Å². The van der Waals surface area contributed by atoms with E-state index in [1.54, 1.807) is 24.3 Å². The van der Waals surface area contributed by atoms with Crippen LogP contribution in [0.5, 0.6) is 11.5 Å². The van der Waals surface area contributed by atoms with E-state index in [0.29, 0.717) is 16.9 Å². The molecule has 0 atom stereocenters. The lowest BCUT2D eigenvalue weighted by molar-refractivity contribution is -0.384. The molecule has 4 rings (SSSR count). The molecule has 8 heteroatoms. The summed E-state index contributed by atoms with van der Waals surface area (Å²) in [5.74, 6) is 0.641. The highest BCUT2D eigenvalue weighted by Gasteiger charge is 2.25. The smallest absolute Gasteiger partial charge is 0.363 e. The van der Waals surface area contributed by atoms with Crippen LogP contribution in [-0.2, 0) is 9.53 Å². The number of nitro groups is 1. The van der Waals surface area contributed by atoms with Gasteiger partial charge in [0, 0.05) is 23.3 Å². The van der Waals surface area contributed by atoms with Crippen LogP contribution in [0.2, 0.25) is 0 Å². The Morgan fingerprint density at radius 1 is 0.970 bits per heavy atom. The van der Waals surface area contributed by atoms with Gasteiger partial charge in [0.1, 0.15) is 24.7 Å². The molecule has 0 aliphatic carbocycles. The molecule has 0 bridgehead atoms. The number of esters is 1. The van der Waals surface area contributed by atoms with Crippen molar-refractivity contribution in [3.63, 3.8) is 0 Å². The summed E-state index contributed by atoms with van der Waals surface area (Å²) in [5.41, 5.74) is 1.88. The maximum absolute atomic E-state index is 12.3. The number of ether oxygens (including phenoxy) is 3. The Hall–Kier alpha value is -4.46. The van der Waals surface area contributed by atoms with Gasteiger partial charge in [0.2, 0.25) is 5.90 Å². The second-order valence-corrected chi connectivity index (χ2v) is 7.14. The third kappa shape index (κ3) is 5.24. The van der Waals surface area contributed by atoms with Crippen LogP contribution >= 0.6 is 0 Å². The number of para-hydroxylation sites is 1. The molecule has 33 heavy (non-hydrogen) atoms. The van der Waals surface area contributed by atoms with Crippen molar-refractivity contribution in [1.82, 2.24) is 0 Å². The highest BCUT2D eigenvalue weighted by Crippen LogP contribution is 2.28. The van der Waals surface area contributed by atoms with Gasteiger partial charge in [-0.1, -0.05) is 36.4 Å². The number of carbonyl (C=O) groups excluding carboxylic acids is 1. The maximum atomic E-state index is 12.3. The molecule has 166 valence electrons. The molecule has 0 amide bonds. The molecule has 1 aliphatic rings. The quantitative estimate of drug-likeness (QED) is 0.164. The summed E-state index contributed by atoms with van der Waals surface area (Å²) in [5, 5.41) is 11.3. The lowest BCUT2D eigenvalue weighted by Crippen LogP contribution is -2.10. The van der Waals surface area contributed by atoms with Gasteiger partial charge in [-0.05, 0) is 42.8 Å². The first kappa shape index (κ1) is 21.8. The van der Waals surface area contributed by atoms with E-state index in [1.165, 1.54) is 24.3 Å². The fourth-order valence-corrected chi connectivity index (χ4v) is 3.18. The van der Waals surface area contributed by atoms with Crippen LogP contribution in [0.1, 0.15) is 16.7 Å². The normalized spacial score (nSPS) is 14.0. The first-order chi connectivity index (χ1) is 16.0. The van der Waals surface area contributed by atoms with Gasteiger partial charge >= 0.3 is 5.97 Å². The van der Waals surface area contributed by atoms with Crippen molar-refractivity contribution >= 4 is 23.6 Å². The molecule has 0 unspecified atom stereocenters. The van der Waals surface area contributed by atoms with E-state index in [0.717, 1.165) is 11.3 Å². The van der Waals surface area contributed by atoms with Gasteiger partial charge in [0.15, 0.2) is 5.70 Å². The Labute approximate surface area is 189 Å². The summed E-state index contributed by atoms with van der Waals surface area (Å²) in [6, 6.07) is 20.8. The van der Waals surface area contributed by atoms with Crippen LogP contribution in [0.4, 0.5) is 5.69 Å². The van der Waals surface area contributed by atoms with Crippen LogP contribution < -0.4 is 9.47 Å². The van der Waals surface area contributed by atoms with E-state index in [9.17, 15) is 14.9 Å². The Balaban J connectivity index is 1.54. The number of hydrogen-bond acceptors (Lipinski definition) is 7. The van der Waals surface area contributed by atoms with E-state index in [1.807, 2.05) is 37.3 Å². The fourth-order valence-electron chi connectivity index (χ4n) is 3.18. The fraction of sp³-hybridized carbons (Fsp3) is 0.120. The number of carbonyl (C=O) groups is 1. The first-order valence-corrected chi connectivity index (χ1v) is 10.2. The number of hydrogen-bond donors (Lipinski definition) is 0. The molecule has 1 heterocycles. The number of non-ortho nitro benzene ring substituents is 1. The van der Waals surface area contributed by atoms with Crippen LogP contribution in [0, 0.1) is 17.0 Å². The molecule has 0 saturated carbocycles. The molecule has 0 N–H and O–H groups in total. The Kier molecular flexibility index (Phi) is 6.45.